The monoisotopic (exact) mass is 416 g/mol. The molecule has 0 aliphatic rings. The summed E-state index contributed by atoms with van der Waals surface area (Å²) in [5, 5.41) is 0. The molecule has 144 valence electrons. The van der Waals surface area contributed by atoms with Crippen LogP contribution in [0.2, 0.25) is 0 Å². The lowest BCUT2D eigenvalue weighted by Gasteiger charge is -2.06. The first-order valence-electron chi connectivity index (χ1n) is 7.94. The number of sulfonamides is 1. The number of rotatable bonds is 6. The Morgan fingerprint density at radius 3 is 2.48 bits per heavy atom. The van der Waals surface area contributed by atoms with E-state index in [2.05, 4.69) is 4.40 Å². The highest BCUT2D eigenvalue weighted by atomic mass is 32.2. The normalized spacial score (nSPS) is 12.8. The van der Waals surface area contributed by atoms with Gasteiger partial charge >= 0.3 is 0 Å². The van der Waals surface area contributed by atoms with Gasteiger partial charge in [0.25, 0.3) is 10.0 Å². The Bertz CT molecular complexity index is 1140. The van der Waals surface area contributed by atoms with Crippen LogP contribution in [0.5, 0.6) is 0 Å². The van der Waals surface area contributed by atoms with E-state index in [1.165, 1.54) is 4.57 Å². The zero-order valence-electron chi connectivity index (χ0n) is 14.2. The molecular formula is C17H15F3N2O3S2. The lowest BCUT2D eigenvalue weighted by Crippen LogP contribution is -2.20. The Morgan fingerprint density at radius 1 is 1.11 bits per heavy atom. The van der Waals surface area contributed by atoms with Crippen LogP contribution in [-0.4, -0.2) is 26.2 Å². The first-order valence-corrected chi connectivity index (χ1v) is 10.2. The number of thiazole rings is 1. The Kier molecular flexibility index (Phi) is 5.68. The van der Waals surface area contributed by atoms with Gasteiger partial charge in [-0.2, -0.15) is 8.42 Å². The average Bonchev–Trinajstić information content (AvgIpc) is 2.92. The second-order valence-corrected chi connectivity index (χ2v) is 8.10. The highest BCUT2D eigenvalue weighted by Gasteiger charge is 2.17. The molecule has 1 heterocycles. The Labute approximate surface area is 157 Å². The lowest BCUT2D eigenvalue weighted by atomic mass is 10.3. The molecule has 3 aromatic rings. The summed E-state index contributed by atoms with van der Waals surface area (Å²) in [5.74, 6) is -2.18. The van der Waals surface area contributed by atoms with Crippen LogP contribution in [-0.2, 0) is 21.3 Å². The van der Waals surface area contributed by atoms with E-state index in [4.69, 9.17) is 4.74 Å². The van der Waals surface area contributed by atoms with Gasteiger partial charge in [0.1, 0.15) is 11.6 Å². The third-order valence-corrected chi connectivity index (χ3v) is 6.09. The summed E-state index contributed by atoms with van der Waals surface area (Å²) in [7, 11) is -4.16. The number of fused-ring (bicyclic) bond motifs is 1. The van der Waals surface area contributed by atoms with E-state index in [0.29, 0.717) is 6.61 Å². The van der Waals surface area contributed by atoms with Gasteiger partial charge in [-0.3, -0.25) is 0 Å². The molecule has 0 aliphatic carbocycles. The second-order valence-electron chi connectivity index (χ2n) is 5.49. The van der Waals surface area contributed by atoms with Crippen molar-refractivity contribution in [2.45, 2.75) is 18.4 Å². The minimum absolute atomic E-state index is 0.0291. The van der Waals surface area contributed by atoms with Crippen molar-refractivity contribution in [3.63, 3.8) is 0 Å². The first kappa shape index (κ1) is 19.6. The molecule has 0 atom stereocenters. The fourth-order valence-electron chi connectivity index (χ4n) is 2.47. The maximum atomic E-state index is 14.3. The van der Waals surface area contributed by atoms with Crippen LogP contribution >= 0.6 is 11.3 Å². The largest absolute Gasteiger partial charge is 0.380 e. The fraction of sp³-hybridized carbons (Fsp3) is 0.235. The summed E-state index contributed by atoms with van der Waals surface area (Å²) in [4.78, 5) is -0.233. The van der Waals surface area contributed by atoms with Gasteiger partial charge in [0, 0.05) is 19.2 Å². The van der Waals surface area contributed by atoms with Crippen molar-refractivity contribution >= 4 is 31.6 Å². The number of benzene rings is 2. The molecule has 0 spiro atoms. The van der Waals surface area contributed by atoms with E-state index in [1.807, 2.05) is 0 Å². The smallest absolute Gasteiger partial charge is 0.285 e. The number of hydrogen-bond acceptors (Lipinski definition) is 4. The number of aromatic nitrogens is 1. The highest BCUT2D eigenvalue weighted by Crippen LogP contribution is 2.23. The quantitative estimate of drug-likeness (QED) is 0.579. The fourth-order valence-corrected chi connectivity index (χ4v) is 4.77. The van der Waals surface area contributed by atoms with E-state index in [9.17, 15) is 21.6 Å². The van der Waals surface area contributed by atoms with E-state index in [1.54, 1.807) is 6.92 Å². The Balaban J connectivity index is 2.19. The van der Waals surface area contributed by atoms with Gasteiger partial charge in [-0.15, -0.1) is 4.40 Å². The summed E-state index contributed by atoms with van der Waals surface area (Å²) < 4.78 is 76.5. The van der Waals surface area contributed by atoms with Gasteiger partial charge in [-0.1, -0.05) is 11.3 Å². The number of ether oxygens (including phenoxy) is 1. The van der Waals surface area contributed by atoms with E-state index in [-0.39, 0.29) is 33.1 Å². The van der Waals surface area contributed by atoms with Gasteiger partial charge in [-0.25, -0.2) is 13.2 Å². The van der Waals surface area contributed by atoms with Gasteiger partial charge < -0.3 is 9.30 Å². The number of nitrogens with zero attached hydrogens (tertiary/aromatic N) is 2. The zero-order valence-corrected chi connectivity index (χ0v) is 15.8. The van der Waals surface area contributed by atoms with Gasteiger partial charge in [0.2, 0.25) is 4.80 Å². The van der Waals surface area contributed by atoms with Crippen molar-refractivity contribution in [2.24, 2.45) is 4.40 Å². The molecule has 10 heteroatoms. The molecule has 0 saturated heterocycles. The molecule has 0 radical (unpaired) electrons. The molecule has 5 nitrogen and oxygen atoms in total. The molecule has 0 bridgehead atoms. The number of halogens is 3. The topological polar surface area (TPSA) is 60.7 Å². The Morgan fingerprint density at radius 2 is 1.81 bits per heavy atom. The van der Waals surface area contributed by atoms with Gasteiger partial charge in [0.05, 0.1) is 21.7 Å². The van der Waals surface area contributed by atoms with E-state index in [0.717, 1.165) is 47.7 Å². The summed E-state index contributed by atoms with van der Waals surface area (Å²) in [6, 6.07) is 6.03. The highest BCUT2D eigenvalue weighted by molar-refractivity contribution is 7.90. The second kappa shape index (κ2) is 7.83. The van der Waals surface area contributed by atoms with Crippen molar-refractivity contribution in [3.8, 4) is 0 Å². The minimum atomic E-state index is -4.16. The Hall–Kier alpha value is -2.17. The maximum absolute atomic E-state index is 14.3. The molecule has 1 aromatic heterocycles. The molecule has 0 aliphatic heterocycles. The average molecular weight is 416 g/mol. The lowest BCUT2D eigenvalue weighted by molar-refractivity contribution is 0.139. The third-order valence-electron chi connectivity index (χ3n) is 3.67. The van der Waals surface area contributed by atoms with E-state index < -0.39 is 27.5 Å². The molecule has 3 rings (SSSR count). The minimum Gasteiger partial charge on any atom is -0.380 e. The summed E-state index contributed by atoms with van der Waals surface area (Å²) in [6.07, 6.45) is 0. The third kappa shape index (κ3) is 4.23. The summed E-state index contributed by atoms with van der Waals surface area (Å²) >= 11 is 0.842. The SMILES string of the molecule is CCOCCn1c(=NS(=O)(=O)c2ccc(F)cc2)sc2cc(F)cc(F)c21. The molecule has 0 amide bonds. The molecule has 0 N–H and O–H groups in total. The van der Waals surface area contributed by atoms with Crippen molar-refractivity contribution in [2.75, 3.05) is 13.2 Å². The van der Waals surface area contributed by atoms with Gasteiger partial charge in [-0.05, 0) is 37.3 Å². The molecule has 2 aromatic carbocycles. The predicted molar refractivity (Wildman–Crippen MR) is 95.4 cm³/mol. The van der Waals surface area contributed by atoms with Crippen molar-refractivity contribution in [1.29, 1.82) is 0 Å². The zero-order chi connectivity index (χ0) is 19.6. The van der Waals surface area contributed by atoms with Crippen LogP contribution in [0.3, 0.4) is 0 Å². The van der Waals surface area contributed by atoms with Crippen LogP contribution in [0.25, 0.3) is 10.2 Å². The van der Waals surface area contributed by atoms with Crippen LogP contribution < -0.4 is 4.80 Å². The van der Waals surface area contributed by atoms with Crippen LogP contribution in [0.4, 0.5) is 13.2 Å². The predicted octanol–water partition coefficient (Wildman–Crippen LogP) is 3.45. The van der Waals surface area contributed by atoms with Crippen LogP contribution in [0.1, 0.15) is 6.92 Å². The van der Waals surface area contributed by atoms with Crippen molar-refractivity contribution in [1.82, 2.24) is 4.57 Å². The molecular weight excluding hydrogens is 401 g/mol. The standard InChI is InChI=1S/C17H15F3N2O3S2/c1-2-25-8-7-22-16-14(20)9-12(19)10-15(16)26-17(22)21-27(23,24)13-5-3-11(18)4-6-13/h3-6,9-10H,2,7-8H2,1H3. The molecule has 0 saturated carbocycles. The van der Waals surface area contributed by atoms with Crippen LogP contribution in [0, 0.1) is 17.5 Å². The first-order chi connectivity index (χ1) is 12.8. The molecule has 27 heavy (non-hydrogen) atoms. The van der Waals surface area contributed by atoms with Crippen LogP contribution in [0.15, 0.2) is 45.7 Å². The van der Waals surface area contributed by atoms with E-state index >= 15 is 0 Å². The van der Waals surface area contributed by atoms with Crippen molar-refractivity contribution < 1.29 is 26.3 Å². The number of hydrogen-bond donors (Lipinski definition) is 0. The molecule has 0 unspecified atom stereocenters. The summed E-state index contributed by atoms with van der Waals surface area (Å²) in [6.45, 7) is 2.55. The van der Waals surface area contributed by atoms with Crippen molar-refractivity contribution in [3.05, 3.63) is 58.7 Å². The maximum Gasteiger partial charge on any atom is 0.285 e. The van der Waals surface area contributed by atoms with Gasteiger partial charge in [0.15, 0.2) is 5.82 Å². The summed E-state index contributed by atoms with van der Waals surface area (Å²) in [5.41, 5.74) is 0.0501. The molecule has 0 fully saturated rings.